The molecule has 6 nitrogen and oxygen atoms in total. The zero-order valence-corrected chi connectivity index (χ0v) is 16.8. The van der Waals surface area contributed by atoms with Crippen molar-refractivity contribution < 1.29 is 22.7 Å². The van der Waals surface area contributed by atoms with Crippen molar-refractivity contribution in [2.24, 2.45) is 5.92 Å². The molecule has 160 valence electrons. The topological polar surface area (TPSA) is 83.0 Å². The number of nitrogens with two attached hydrogens (primary N) is 1. The minimum absolute atomic E-state index is 0.0219. The van der Waals surface area contributed by atoms with Gasteiger partial charge in [-0.1, -0.05) is 32.0 Å². The SMILES string of the molecule is CC(C)COC(=O)c1c(N)n(-c2cccc(C(F)(F)F)c2)c2nc3ccccc3nc12. The number of aromatic nitrogens is 3. The van der Waals surface area contributed by atoms with Gasteiger partial charge in [0.15, 0.2) is 5.65 Å². The van der Waals surface area contributed by atoms with Crippen molar-refractivity contribution >= 4 is 34.0 Å². The van der Waals surface area contributed by atoms with E-state index in [1.165, 1.54) is 16.7 Å². The van der Waals surface area contributed by atoms with Gasteiger partial charge in [0, 0.05) is 5.69 Å². The smallest absolute Gasteiger partial charge is 0.416 e. The van der Waals surface area contributed by atoms with Gasteiger partial charge in [0.1, 0.15) is 16.9 Å². The van der Waals surface area contributed by atoms with E-state index in [1.54, 1.807) is 24.3 Å². The number of nitrogen functional groups attached to an aromatic ring is 1. The third kappa shape index (κ3) is 3.78. The fourth-order valence-corrected chi connectivity index (χ4v) is 3.26. The predicted octanol–water partition coefficient (Wildman–Crippen LogP) is 4.99. The largest absolute Gasteiger partial charge is 0.462 e. The first-order chi connectivity index (χ1) is 14.7. The second-order valence-corrected chi connectivity index (χ2v) is 7.52. The Morgan fingerprint density at radius 2 is 1.77 bits per heavy atom. The second-order valence-electron chi connectivity index (χ2n) is 7.52. The second kappa shape index (κ2) is 7.57. The number of halogens is 3. The van der Waals surface area contributed by atoms with E-state index in [2.05, 4.69) is 9.97 Å². The Bertz CT molecular complexity index is 1300. The lowest BCUT2D eigenvalue weighted by atomic mass is 10.2. The van der Waals surface area contributed by atoms with E-state index >= 15 is 0 Å². The van der Waals surface area contributed by atoms with Gasteiger partial charge < -0.3 is 10.5 Å². The van der Waals surface area contributed by atoms with Crippen LogP contribution in [0.1, 0.15) is 29.8 Å². The molecule has 0 unspecified atom stereocenters. The molecular weight excluding hydrogens is 409 g/mol. The first-order valence-electron chi connectivity index (χ1n) is 9.58. The number of hydrogen-bond acceptors (Lipinski definition) is 5. The van der Waals surface area contributed by atoms with Gasteiger partial charge in [-0.25, -0.2) is 14.8 Å². The molecule has 0 spiro atoms. The Hall–Kier alpha value is -3.62. The van der Waals surface area contributed by atoms with Gasteiger partial charge in [-0.2, -0.15) is 13.2 Å². The lowest BCUT2D eigenvalue weighted by Crippen LogP contribution is -2.13. The van der Waals surface area contributed by atoms with Gasteiger partial charge >= 0.3 is 12.1 Å². The number of fused-ring (bicyclic) bond motifs is 2. The van der Waals surface area contributed by atoms with E-state index in [-0.39, 0.29) is 40.8 Å². The fraction of sp³-hybridized carbons (Fsp3) is 0.227. The number of nitrogens with zero attached hydrogens (tertiary/aromatic N) is 3. The summed E-state index contributed by atoms with van der Waals surface area (Å²) in [5, 5.41) is 0. The maximum atomic E-state index is 13.3. The Labute approximate surface area is 175 Å². The van der Waals surface area contributed by atoms with Crippen LogP contribution < -0.4 is 5.73 Å². The molecule has 0 aliphatic rings. The first kappa shape index (κ1) is 20.6. The number of anilines is 1. The molecule has 4 rings (SSSR count). The molecule has 4 aromatic rings. The highest BCUT2D eigenvalue weighted by Crippen LogP contribution is 2.34. The van der Waals surface area contributed by atoms with Crippen LogP contribution in [0.15, 0.2) is 48.5 Å². The minimum Gasteiger partial charge on any atom is -0.462 e. The van der Waals surface area contributed by atoms with Crippen molar-refractivity contribution in [2.45, 2.75) is 20.0 Å². The fourth-order valence-electron chi connectivity index (χ4n) is 3.26. The van der Waals surface area contributed by atoms with Crippen LogP contribution in [0.4, 0.5) is 19.0 Å². The molecule has 0 atom stereocenters. The maximum absolute atomic E-state index is 13.3. The van der Waals surface area contributed by atoms with E-state index in [0.29, 0.717) is 11.0 Å². The molecule has 0 aliphatic carbocycles. The van der Waals surface area contributed by atoms with Crippen molar-refractivity contribution in [1.82, 2.24) is 14.5 Å². The Kier molecular flexibility index (Phi) is 5.04. The van der Waals surface area contributed by atoms with E-state index in [0.717, 1.165) is 12.1 Å². The van der Waals surface area contributed by atoms with Crippen LogP contribution in [-0.4, -0.2) is 27.1 Å². The molecule has 31 heavy (non-hydrogen) atoms. The summed E-state index contributed by atoms with van der Waals surface area (Å²) in [7, 11) is 0. The summed E-state index contributed by atoms with van der Waals surface area (Å²) in [5.41, 5.74) is 6.91. The van der Waals surface area contributed by atoms with E-state index in [4.69, 9.17) is 10.5 Å². The van der Waals surface area contributed by atoms with E-state index < -0.39 is 17.7 Å². The van der Waals surface area contributed by atoms with Gasteiger partial charge in [0.2, 0.25) is 0 Å². The van der Waals surface area contributed by atoms with Crippen LogP contribution in [0.25, 0.3) is 27.9 Å². The number of hydrogen-bond donors (Lipinski definition) is 1. The number of esters is 1. The molecule has 0 radical (unpaired) electrons. The van der Waals surface area contributed by atoms with Crippen molar-refractivity contribution in [3.05, 3.63) is 59.7 Å². The van der Waals surface area contributed by atoms with Crippen LogP contribution in [0.2, 0.25) is 0 Å². The third-order valence-corrected chi connectivity index (χ3v) is 4.68. The number of carbonyl (C=O) groups is 1. The molecule has 0 saturated carbocycles. The lowest BCUT2D eigenvalue weighted by molar-refractivity contribution is -0.137. The predicted molar refractivity (Wildman–Crippen MR) is 111 cm³/mol. The Morgan fingerprint density at radius 3 is 2.42 bits per heavy atom. The normalized spacial score (nSPS) is 12.1. The minimum atomic E-state index is -4.54. The number of ether oxygens (including phenoxy) is 1. The molecule has 2 heterocycles. The average Bonchev–Trinajstić information content (AvgIpc) is 3.00. The van der Waals surface area contributed by atoms with Gasteiger partial charge in [-0.15, -0.1) is 0 Å². The monoisotopic (exact) mass is 428 g/mol. The molecule has 2 N–H and O–H groups in total. The van der Waals surface area contributed by atoms with Crippen molar-refractivity contribution in [3.8, 4) is 5.69 Å². The number of benzene rings is 2. The quantitative estimate of drug-likeness (QED) is 0.463. The molecule has 0 amide bonds. The zero-order valence-electron chi connectivity index (χ0n) is 16.8. The summed E-state index contributed by atoms with van der Waals surface area (Å²) in [6.45, 7) is 3.93. The van der Waals surface area contributed by atoms with Crippen LogP contribution in [0.5, 0.6) is 0 Å². The summed E-state index contributed by atoms with van der Waals surface area (Å²) in [5.74, 6) is -0.696. The average molecular weight is 428 g/mol. The summed E-state index contributed by atoms with van der Waals surface area (Å²) in [6.07, 6.45) is -4.54. The van der Waals surface area contributed by atoms with Gasteiger partial charge in [-0.05, 0) is 36.2 Å². The number of rotatable bonds is 4. The summed E-state index contributed by atoms with van der Waals surface area (Å²) >= 11 is 0. The van der Waals surface area contributed by atoms with Gasteiger partial charge in [0.25, 0.3) is 0 Å². The van der Waals surface area contributed by atoms with Gasteiger partial charge in [0.05, 0.1) is 23.2 Å². The summed E-state index contributed by atoms with van der Waals surface area (Å²) in [6, 6.07) is 11.6. The van der Waals surface area contributed by atoms with Crippen molar-refractivity contribution in [3.63, 3.8) is 0 Å². The summed E-state index contributed by atoms with van der Waals surface area (Å²) < 4.78 is 46.5. The number of para-hydroxylation sites is 2. The maximum Gasteiger partial charge on any atom is 0.416 e. The first-order valence-corrected chi connectivity index (χ1v) is 9.58. The Morgan fingerprint density at radius 1 is 1.10 bits per heavy atom. The molecule has 0 saturated heterocycles. The highest BCUT2D eigenvalue weighted by molar-refractivity contribution is 6.09. The van der Waals surface area contributed by atoms with Crippen LogP contribution in [0.3, 0.4) is 0 Å². The van der Waals surface area contributed by atoms with Crippen LogP contribution >= 0.6 is 0 Å². The standard InChI is InChI=1S/C22H19F3N4O2/c1-12(2)11-31-21(30)17-18-20(28-16-9-4-3-8-15(16)27-18)29(19(17)26)14-7-5-6-13(10-14)22(23,24)25/h3-10,12H,11,26H2,1-2H3. The summed E-state index contributed by atoms with van der Waals surface area (Å²) in [4.78, 5) is 21.9. The highest BCUT2D eigenvalue weighted by Gasteiger charge is 2.32. The van der Waals surface area contributed by atoms with Crippen molar-refractivity contribution in [2.75, 3.05) is 12.3 Å². The van der Waals surface area contributed by atoms with Gasteiger partial charge in [-0.3, -0.25) is 4.57 Å². The molecule has 2 aromatic carbocycles. The van der Waals surface area contributed by atoms with Crippen LogP contribution in [0, 0.1) is 5.92 Å². The molecule has 0 bridgehead atoms. The molecule has 0 fully saturated rings. The molecular formula is C22H19F3N4O2. The number of alkyl halides is 3. The molecule has 2 aromatic heterocycles. The molecule has 9 heteroatoms. The lowest BCUT2D eigenvalue weighted by Gasteiger charge is -2.12. The third-order valence-electron chi connectivity index (χ3n) is 4.68. The van der Waals surface area contributed by atoms with Crippen LogP contribution in [-0.2, 0) is 10.9 Å². The molecule has 0 aliphatic heterocycles. The van der Waals surface area contributed by atoms with E-state index in [1.807, 2.05) is 13.8 Å². The number of carbonyl (C=O) groups excluding carboxylic acids is 1. The highest BCUT2D eigenvalue weighted by atomic mass is 19.4. The Balaban J connectivity index is 2.00. The van der Waals surface area contributed by atoms with Crippen molar-refractivity contribution in [1.29, 1.82) is 0 Å². The zero-order chi connectivity index (χ0) is 22.3. The van der Waals surface area contributed by atoms with E-state index in [9.17, 15) is 18.0 Å².